The van der Waals surface area contributed by atoms with Gasteiger partial charge >= 0.3 is 0 Å². The van der Waals surface area contributed by atoms with E-state index in [1.807, 2.05) is 6.20 Å². The Hall–Kier alpha value is -4.85. The number of carbonyl (C=O) groups excluding carboxylic acids is 1. The smallest absolute Gasteiger partial charge is 0.227 e. The Morgan fingerprint density at radius 2 is 1.83 bits per heavy atom. The zero-order chi connectivity index (χ0) is 28.6. The summed E-state index contributed by atoms with van der Waals surface area (Å²) >= 11 is 0. The van der Waals surface area contributed by atoms with Crippen LogP contribution >= 0.6 is 0 Å². The minimum Gasteiger partial charge on any atom is -0.352 e. The summed E-state index contributed by atoms with van der Waals surface area (Å²) in [6, 6.07) is 10.6. The Labute approximate surface area is 242 Å². The SMILES string of the molecule is C=C1CC=C(c2cnc3n[nH]c(-c4cc5c(-c6ccc(F)cc6)cncc5[nH]4)c3c2)C=C(NC(=O)C2CCCCC2)C1. The number of aromatic amines is 2. The van der Waals surface area contributed by atoms with Crippen LogP contribution in [0, 0.1) is 11.7 Å². The molecule has 3 N–H and O–H groups in total. The molecule has 0 saturated heterocycles. The first-order valence-corrected chi connectivity index (χ1v) is 14.5. The average Bonchev–Trinajstić information content (AvgIpc) is 3.59. The maximum absolute atomic E-state index is 13.5. The topological polar surface area (TPSA) is 99.3 Å². The van der Waals surface area contributed by atoms with Crippen LogP contribution in [0.1, 0.15) is 50.5 Å². The van der Waals surface area contributed by atoms with E-state index in [9.17, 15) is 9.18 Å². The van der Waals surface area contributed by atoms with Crippen molar-refractivity contribution < 1.29 is 9.18 Å². The van der Waals surface area contributed by atoms with Crippen molar-refractivity contribution in [3.05, 3.63) is 96.4 Å². The van der Waals surface area contributed by atoms with E-state index >= 15 is 0 Å². The second-order valence-electron chi connectivity index (χ2n) is 11.3. The summed E-state index contributed by atoms with van der Waals surface area (Å²) in [7, 11) is 0. The molecule has 0 radical (unpaired) electrons. The number of nitrogens with zero attached hydrogens (tertiary/aromatic N) is 3. The van der Waals surface area contributed by atoms with Gasteiger partial charge in [-0.25, -0.2) is 9.37 Å². The molecule has 1 fully saturated rings. The largest absolute Gasteiger partial charge is 0.352 e. The van der Waals surface area contributed by atoms with Crippen molar-refractivity contribution in [2.45, 2.75) is 44.9 Å². The van der Waals surface area contributed by atoms with Gasteiger partial charge in [0.05, 0.1) is 23.1 Å². The third-order valence-corrected chi connectivity index (χ3v) is 8.35. The molecule has 2 aliphatic rings. The van der Waals surface area contributed by atoms with Gasteiger partial charge in [-0.15, -0.1) is 0 Å². The molecule has 0 atom stereocenters. The van der Waals surface area contributed by atoms with Crippen LogP contribution in [0.3, 0.4) is 0 Å². The zero-order valence-electron chi connectivity index (χ0n) is 23.2. The van der Waals surface area contributed by atoms with Crippen LogP contribution in [0.25, 0.3) is 50.0 Å². The summed E-state index contributed by atoms with van der Waals surface area (Å²) in [5.74, 6) is -0.0678. The molecule has 0 aliphatic heterocycles. The van der Waals surface area contributed by atoms with Gasteiger partial charge in [0.1, 0.15) is 5.82 Å². The number of hydrogen-bond donors (Lipinski definition) is 3. The third-order valence-electron chi connectivity index (χ3n) is 8.35. The number of rotatable bonds is 5. The van der Waals surface area contributed by atoms with Crippen molar-refractivity contribution in [2.75, 3.05) is 0 Å². The molecule has 8 heteroatoms. The Morgan fingerprint density at radius 3 is 2.67 bits per heavy atom. The van der Waals surface area contributed by atoms with Crippen molar-refractivity contribution >= 4 is 33.4 Å². The Balaban J connectivity index is 1.23. The quantitative estimate of drug-likeness (QED) is 0.193. The van der Waals surface area contributed by atoms with E-state index in [1.165, 1.54) is 18.6 Å². The number of allylic oxidation sites excluding steroid dienone is 4. The second kappa shape index (κ2) is 10.9. The molecular weight excluding hydrogens is 527 g/mol. The summed E-state index contributed by atoms with van der Waals surface area (Å²) in [5.41, 5.74) is 8.81. The summed E-state index contributed by atoms with van der Waals surface area (Å²) in [5, 5.41) is 12.7. The molecule has 0 spiro atoms. The normalized spacial score (nSPS) is 16.4. The number of pyridine rings is 2. The number of halogens is 1. The van der Waals surface area contributed by atoms with Gasteiger partial charge in [-0.3, -0.25) is 14.9 Å². The van der Waals surface area contributed by atoms with Crippen molar-refractivity contribution in [1.29, 1.82) is 0 Å². The Kier molecular flexibility index (Phi) is 6.74. The van der Waals surface area contributed by atoms with Gasteiger partial charge in [0.2, 0.25) is 5.91 Å². The molecule has 1 amide bonds. The molecule has 7 nitrogen and oxygen atoms in total. The van der Waals surface area contributed by atoms with Crippen molar-refractivity contribution in [3.8, 4) is 22.5 Å². The molecule has 1 aromatic carbocycles. The number of nitrogens with one attached hydrogen (secondary N) is 3. The van der Waals surface area contributed by atoms with E-state index in [2.05, 4.69) is 61.3 Å². The lowest BCUT2D eigenvalue weighted by Gasteiger charge is -2.21. The molecule has 1 saturated carbocycles. The second-order valence-corrected chi connectivity index (χ2v) is 11.3. The molecule has 4 heterocycles. The lowest BCUT2D eigenvalue weighted by molar-refractivity contribution is -0.125. The average molecular weight is 559 g/mol. The molecule has 4 aromatic heterocycles. The monoisotopic (exact) mass is 558 g/mol. The first kappa shape index (κ1) is 26.1. The van der Waals surface area contributed by atoms with Crippen LogP contribution in [0.4, 0.5) is 4.39 Å². The van der Waals surface area contributed by atoms with E-state index in [-0.39, 0.29) is 17.6 Å². The predicted molar refractivity (Wildman–Crippen MR) is 164 cm³/mol. The van der Waals surface area contributed by atoms with Crippen LogP contribution < -0.4 is 5.32 Å². The fourth-order valence-electron chi connectivity index (χ4n) is 6.11. The zero-order valence-corrected chi connectivity index (χ0v) is 23.2. The molecule has 0 bridgehead atoms. The highest BCUT2D eigenvalue weighted by Gasteiger charge is 2.23. The van der Waals surface area contributed by atoms with Crippen LogP contribution in [-0.4, -0.2) is 31.1 Å². The number of fused-ring (bicyclic) bond motifs is 2. The standard InChI is InChI=1S/C34H31FN6O/c1-20-7-8-23(14-26(13-20)38-34(42)22-5-3-2-4-6-22)24-15-28-32(40-41-33(28)37-17-24)30-16-27-29(18-36-19-31(27)39-30)21-9-11-25(35)12-10-21/h8-12,14-19,22,39H,1-7,13H2,(H,38,42)(H,37,40,41). The van der Waals surface area contributed by atoms with Gasteiger partial charge in [0, 0.05) is 52.3 Å². The van der Waals surface area contributed by atoms with E-state index in [0.29, 0.717) is 12.1 Å². The highest BCUT2D eigenvalue weighted by molar-refractivity contribution is 6.00. The first-order valence-electron chi connectivity index (χ1n) is 14.5. The van der Waals surface area contributed by atoms with E-state index in [4.69, 9.17) is 0 Å². The van der Waals surface area contributed by atoms with Crippen LogP contribution in [-0.2, 0) is 4.79 Å². The minimum absolute atomic E-state index is 0.0881. The maximum atomic E-state index is 13.5. The molecule has 2 aliphatic carbocycles. The summed E-state index contributed by atoms with van der Waals surface area (Å²) in [4.78, 5) is 25.5. The number of amides is 1. The number of hydrogen-bond acceptors (Lipinski definition) is 4. The van der Waals surface area contributed by atoms with Gasteiger partial charge in [-0.2, -0.15) is 5.10 Å². The van der Waals surface area contributed by atoms with E-state index < -0.39 is 0 Å². The molecule has 210 valence electrons. The summed E-state index contributed by atoms with van der Waals surface area (Å²) < 4.78 is 13.5. The number of benzene rings is 1. The maximum Gasteiger partial charge on any atom is 0.227 e. The molecule has 5 aromatic rings. The Morgan fingerprint density at radius 1 is 1.00 bits per heavy atom. The van der Waals surface area contributed by atoms with Crippen LogP contribution in [0.2, 0.25) is 0 Å². The van der Waals surface area contributed by atoms with Gasteiger partial charge < -0.3 is 10.3 Å². The number of H-pyrrole nitrogens is 2. The van der Waals surface area contributed by atoms with Gasteiger partial charge in [-0.05, 0) is 60.7 Å². The molecule has 0 unspecified atom stereocenters. The first-order chi connectivity index (χ1) is 20.5. The highest BCUT2D eigenvalue weighted by atomic mass is 19.1. The summed E-state index contributed by atoms with van der Waals surface area (Å²) in [6.07, 6.45) is 16.4. The number of aromatic nitrogens is 5. The highest BCUT2D eigenvalue weighted by Crippen LogP contribution is 2.35. The predicted octanol–water partition coefficient (Wildman–Crippen LogP) is 7.62. The van der Waals surface area contributed by atoms with Crippen molar-refractivity contribution in [3.63, 3.8) is 0 Å². The minimum atomic E-state index is -0.275. The van der Waals surface area contributed by atoms with E-state index in [0.717, 1.165) is 93.3 Å². The number of carbonyl (C=O) groups is 1. The molecule has 42 heavy (non-hydrogen) atoms. The lowest BCUT2D eigenvalue weighted by Crippen LogP contribution is -2.31. The summed E-state index contributed by atoms with van der Waals surface area (Å²) in [6.45, 7) is 4.23. The van der Waals surface area contributed by atoms with Crippen LogP contribution in [0.15, 0.2) is 85.0 Å². The van der Waals surface area contributed by atoms with Crippen molar-refractivity contribution in [1.82, 2.24) is 30.5 Å². The van der Waals surface area contributed by atoms with E-state index in [1.54, 1.807) is 24.5 Å². The lowest BCUT2D eigenvalue weighted by atomic mass is 9.88. The van der Waals surface area contributed by atoms with Crippen molar-refractivity contribution in [2.24, 2.45) is 5.92 Å². The Bertz CT molecular complexity index is 1890. The molecular formula is C34H31FN6O. The van der Waals surface area contributed by atoms with Crippen LogP contribution in [0.5, 0.6) is 0 Å². The fraction of sp³-hybridized carbons (Fsp3) is 0.235. The van der Waals surface area contributed by atoms with Gasteiger partial charge in [0.25, 0.3) is 0 Å². The fourth-order valence-corrected chi connectivity index (χ4v) is 6.11. The van der Waals surface area contributed by atoms with Gasteiger partial charge in [0.15, 0.2) is 5.65 Å². The third kappa shape index (κ3) is 5.04. The van der Waals surface area contributed by atoms with Gasteiger partial charge in [-0.1, -0.05) is 49.6 Å². The molecule has 7 rings (SSSR count).